The fourth-order valence-corrected chi connectivity index (χ4v) is 3.71. The van der Waals surface area contributed by atoms with E-state index in [0.29, 0.717) is 6.54 Å². The normalized spacial score (nSPS) is 16.2. The molecule has 0 radical (unpaired) electrons. The lowest BCUT2D eigenvalue weighted by molar-refractivity contribution is -0.137. The average molecular weight is 459 g/mol. The highest BCUT2D eigenvalue weighted by atomic mass is 19.4. The molecule has 7 nitrogen and oxygen atoms in total. The molecule has 33 heavy (non-hydrogen) atoms. The van der Waals surface area contributed by atoms with E-state index in [0.717, 1.165) is 23.3 Å². The predicted molar refractivity (Wildman–Crippen MR) is 116 cm³/mol. The molecule has 10 heteroatoms. The molecule has 2 aromatic rings. The number of urea groups is 1. The average Bonchev–Trinajstić information content (AvgIpc) is 2.81. The Balaban J connectivity index is 1.77. The summed E-state index contributed by atoms with van der Waals surface area (Å²) in [5, 5.41) is 14.4. The quantitative estimate of drug-likeness (QED) is 0.736. The Morgan fingerprint density at radius 3 is 2.45 bits per heavy atom. The summed E-state index contributed by atoms with van der Waals surface area (Å²) in [6.07, 6.45) is -4.71. The number of hydrogen-bond acceptors (Lipinski definition) is 4. The van der Waals surface area contributed by atoms with Gasteiger partial charge in [0.2, 0.25) is 5.91 Å². The highest BCUT2D eigenvalue weighted by Crippen LogP contribution is 2.35. The summed E-state index contributed by atoms with van der Waals surface area (Å²) in [5.41, 5.74) is 0.640. The van der Waals surface area contributed by atoms with E-state index in [-0.39, 0.29) is 31.4 Å². The van der Waals surface area contributed by atoms with Crippen LogP contribution >= 0.6 is 0 Å². The molecule has 2 N–H and O–H groups in total. The summed E-state index contributed by atoms with van der Waals surface area (Å²) in [7, 11) is 1.43. The largest absolute Gasteiger partial charge is 0.417 e. The number of halogens is 3. The molecule has 3 amide bonds. The van der Waals surface area contributed by atoms with Gasteiger partial charge >= 0.3 is 12.2 Å². The van der Waals surface area contributed by atoms with Gasteiger partial charge in [0, 0.05) is 32.4 Å². The van der Waals surface area contributed by atoms with Gasteiger partial charge in [-0.3, -0.25) is 4.79 Å². The van der Waals surface area contributed by atoms with E-state index in [1.54, 1.807) is 6.07 Å². The molecule has 0 saturated carbocycles. The molecule has 0 spiro atoms. The van der Waals surface area contributed by atoms with Crippen molar-refractivity contribution < 1.29 is 22.8 Å². The van der Waals surface area contributed by atoms with Gasteiger partial charge in [0.1, 0.15) is 6.04 Å². The molecule has 174 valence electrons. The first-order valence-electron chi connectivity index (χ1n) is 10.3. The van der Waals surface area contributed by atoms with Gasteiger partial charge in [-0.15, -0.1) is 0 Å². The molecule has 1 atom stereocenters. The number of amides is 3. The van der Waals surface area contributed by atoms with Crippen LogP contribution < -0.4 is 15.5 Å². The zero-order valence-corrected chi connectivity index (χ0v) is 18.2. The molecular formula is C23H24F3N5O2. The smallest absolute Gasteiger partial charge is 0.357 e. The number of carbonyl (C=O) groups is 2. The van der Waals surface area contributed by atoms with Crippen molar-refractivity contribution in [2.45, 2.75) is 25.7 Å². The van der Waals surface area contributed by atoms with E-state index >= 15 is 0 Å². The van der Waals surface area contributed by atoms with Crippen LogP contribution in [0.2, 0.25) is 0 Å². The van der Waals surface area contributed by atoms with Crippen molar-refractivity contribution in [2.75, 3.05) is 31.6 Å². The van der Waals surface area contributed by atoms with Gasteiger partial charge in [0.05, 0.1) is 23.7 Å². The topological polar surface area (TPSA) is 88.5 Å². The lowest BCUT2D eigenvalue weighted by atomic mass is 10.0. The number of benzene rings is 2. The molecule has 2 aromatic carbocycles. The van der Waals surface area contributed by atoms with Crippen molar-refractivity contribution in [3.8, 4) is 6.07 Å². The number of rotatable bonds is 4. The number of likely N-dealkylation sites (N-methyl/N-ethyl adjacent to an activating group) is 1. The SMILES string of the molecule is CNC(=O)C1CN(C(=O)NCc2ccc(C)cc2)CCN1c1ccc(C#N)c(C(F)(F)F)c1. The van der Waals surface area contributed by atoms with E-state index in [1.807, 2.05) is 31.2 Å². The maximum atomic E-state index is 13.4. The fraction of sp³-hybridized carbons (Fsp3) is 0.348. The first-order chi connectivity index (χ1) is 15.6. The van der Waals surface area contributed by atoms with E-state index in [9.17, 15) is 22.8 Å². The lowest BCUT2D eigenvalue weighted by Crippen LogP contribution is -2.61. The molecule has 1 unspecified atom stereocenters. The molecule has 3 rings (SSSR count). The van der Waals surface area contributed by atoms with E-state index in [1.165, 1.54) is 22.9 Å². The van der Waals surface area contributed by atoms with Gasteiger partial charge in [-0.05, 0) is 30.7 Å². The van der Waals surface area contributed by atoms with Crippen LogP contribution in [-0.4, -0.2) is 49.6 Å². The number of anilines is 1. The Morgan fingerprint density at radius 2 is 1.85 bits per heavy atom. The van der Waals surface area contributed by atoms with E-state index < -0.39 is 29.3 Å². The van der Waals surface area contributed by atoms with Crippen LogP contribution in [0, 0.1) is 18.3 Å². The molecule has 1 fully saturated rings. The molecule has 1 aliphatic heterocycles. The second-order valence-corrected chi connectivity index (χ2v) is 7.75. The summed E-state index contributed by atoms with van der Waals surface area (Å²) < 4.78 is 40.2. The third-order valence-corrected chi connectivity index (χ3v) is 5.54. The van der Waals surface area contributed by atoms with Crippen LogP contribution in [-0.2, 0) is 17.5 Å². The molecule has 0 bridgehead atoms. The standard InChI is InChI=1S/C23H24F3N5O2/c1-15-3-5-16(6-4-15)13-29-22(33)30-9-10-31(20(14-30)21(32)28-2)18-8-7-17(12-27)19(11-18)23(24,25)26/h3-8,11,20H,9-10,13-14H2,1-2H3,(H,28,32)(H,29,33). The van der Waals surface area contributed by atoms with Crippen LogP contribution in [0.25, 0.3) is 0 Å². The van der Waals surface area contributed by atoms with Crippen molar-refractivity contribution in [3.63, 3.8) is 0 Å². The maximum absolute atomic E-state index is 13.4. The zero-order valence-electron chi connectivity index (χ0n) is 18.2. The van der Waals surface area contributed by atoms with Crippen molar-refractivity contribution in [2.24, 2.45) is 0 Å². The second-order valence-electron chi connectivity index (χ2n) is 7.75. The third-order valence-electron chi connectivity index (χ3n) is 5.54. The van der Waals surface area contributed by atoms with Crippen molar-refractivity contribution in [1.29, 1.82) is 5.26 Å². The summed E-state index contributed by atoms with van der Waals surface area (Å²) >= 11 is 0. The number of nitrogens with one attached hydrogen (secondary N) is 2. The fourth-order valence-electron chi connectivity index (χ4n) is 3.71. The van der Waals surface area contributed by atoms with Gasteiger partial charge in [-0.2, -0.15) is 18.4 Å². The first-order valence-corrected chi connectivity index (χ1v) is 10.3. The first kappa shape index (κ1) is 23.9. The summed E-state index contributed by atoms with van der Waals surface area (Å²) in [6, 6.07) is 11.4. The summed E-state index contributed by atoms with van der Waals surface area (Å²) in [6.45, 7) is 2.65. The van der Waals surface area contributed by atoms with Gasteiger partial charge < -0.3 is 20.4 Å². The Hall–Kier alpha value is -3.74. The van der Waals surface area contributed by atoms with Gasteiger partial charge in [-0.1, -0.05) is 29.8 Å². The van der Waals surface area contributed by atoms with Crippen molar-refractivity contribution in [3.05, 3.63) is 64.7 Å². The highest BCUT2D eigenvalue weighted by Gasteiger charge is 2.37. The minimum Gasteiger partial charge on any atom is -0.357 e. The minimum atomic E-state index is -4.71. The summed E-state index contributed by atoms with van der Waals surface area (Å²) in [5.74, 6) is -0.427. The van der Waals surface area contributed by atoms with Crippen LogP contribution in [0.1, 0.15) is 22.3 Å². The van der Waals surface area contributed by atoms with Gasteiger partial charge in [-0.25, -0.2) is 4.79 Å². The lowest BCUT2D eigenvalue weighted by Gasteiger charge is -2.41. The number of piperazine rings is 1. The van der Waals surface area contributed by atoms with Crippen molar-refractivity contribution in [1.82, 2.24) is 15.5 Å². The molecular weight excluding hydrogens is 435 g/mol. The second kappa shape index (κ2) is 9.81. The predicted octanol–water partition coefficient (Wildman–Crippen LogP) is 3.03. The molecule has 1 aliphatic rings. The number of nitrogens with zero attached hydrogens (tertiary/aromatic N) is 3. The Labute approximate surface area is 189 Å². The minimum absolute atomic E-state index is 0.000751. The Bertz CT molecular complexity index is 1060. The van der Waals surface area contributed by atoms with Crippen LogP contribution in [0.5, 0.6) is 0 Å². The molecule has 1 heterocycles. The third kappa shape index (κ3) is 5.55. The van der Waals surface area contributed by atoms with Gasteiger partial charge in [0.25, 0.3) is 0 Å². The van der Waals surface area contributed by atoms with Crippen molar-refractivity contribution >= 4 is 17.6 Å². The monoisotopic (exact) mass is 459 g/mol. The number of alkyl halides is 3. The number of carbonyl (C=O) groups excluding carboxylic acids is 2. The van der Waals surface area contributed by atoms with Crippen LogP contribution in [0.15, 0.2) is 42.5 Å². The highest BCUT2D eigenvalue weighted by molar-refractivity contribution is 5.87. The number of aryl methyl sites for hydroxylation is 1. The number of nitriles is 1. The molecule has 0 aromatic heterocycles. The Kier molecular flexibility index (Phi) is 7.11. The maximum Gasteiger partial charge on any atom is 0.417 e. The molecule has 0 aliphatic carbocycles. The molecule has 1 saturated heterocycles. The Morgan fingerprint density at radius 1 is 1.15 bits per heavy atom. The van der Waals surface area contributed by atoms with E-state index in [4.69, 9.17) is 5.26 Å². The number of hydrogen-bond donors (Lipinski definition) is 2. The van der Waals surface area contributed by atoms with E-state index in [2.05, 4.69) is 10.6 Å². The van der Waals surface area contributed by atoms with Gasteiger partial charge in [0.15, 0.2) is 0 Å². The van der Waals surface area contributed by atoms with Crippen LogP contribution in [0.3, 0.4) is 0 Å². The summed E-state index contributed by atoms with van der Waals surface area (Å²) in [4.78, 5) is 28.2. The zero-order chi connectivity index (χ0) is 24.2. The van der Waals surface area contributed by atoms with Crippen LogP contribution in [0.4, 0.5) is 23.7 Å².